The Balaban J connectivity index is 2.61. The van der Waals surface area contributed by atoms with Crippen LogP contribution in [0.25, 0.3) is 0 Å². The molecule has 2 heterocycles. The molecule has 0 aliphatic carbocycles. The molecule has 4 nitrogen and oxygen atoms in total. The highest BCUT2D eigenvalue weighted by molar-refractivity contribution is 6.70. The number of aliphatic imine (C=N–C) groups is 1. The van der Waals surface area contributed by atoms with E-state index in [1.54, 1.807) is 4.68 Å². The smallest absolute Gasteiger partial charge is 0.137 e. The van der Waals surface area contributed by atoms with Crippen molar-refractivity contribution in [2.45, 2.75) is 33.1 Å². The van der Waals surface area contributed by atoms with Crippen molar-refractivity contribution in [2.24, 2.45) is 4.99 Å². The molecule has 1 aliphatic rings. The van der Waals surface area contributed by atoms with Crippen molar-refractivity contribution in [2.75, 3.05) is 17.8 Å². The zero-order valence-corrected chi connectivity index (χ0v) is 10.4. The Bertz CT molecular complexity index is 434. The van der Waals surface area contributed by atoms with E-state index in [-0.39, 0.29) is 0 Å². The molecule has 5 heteroatoms. The van der Waals surface area contributed by atoms with Crippen LogP contribution < -0.4 is 11.2 Å². The van der Waals surface area contributed by atoms with Gasteiger partial charge in [-0.3, -0.25) is 9.67 Å². The van der Waals surface area contributed by atoms with Crippen molar-refractivity contribution in [3.8, 4) is 0 Å². The highest BCUT2D eigenvalue weighted by Crippen LogP contribution is 2.31. The first-order valence-corrected chi connectivity index (χ1v) is 6.04. The van der Waals surface area contributed by atoms with Gasteiger partial charge in [-0.1, -0.05) is 31.9 Å². The van der Waals surface area contributed by atoms with E-state index in [0.29, 0.717) is 11.8 Å². The van der Waals surface area contributed by atoms with Crippen molar-refractivity contribution >= 4 is 22.6 Å². The summed E-state index contributed by atoms with van der Waals surface area (Å²) in [4.78, 5) is 4.20. The number of hydrogen-bond donors (Lipinski definition) is 2. The number of rotatable bonds is 3. The van der Waals surface area contributed by atoms with E-state index in [4.69, 9.17) is 17.4 Å². The first-order valence-electron chi connectivity index (χ1n) is 5.66. The first-order chi connectivity index (χ1) is 7.70. The van der Waals surface area contributed by atoms with Gasteiger partial charge in [0.1, 0.15) is 17.7 Å². The van der Waals surface area contributed by atoms with E-state index >= 15 is 0 Å². The summed E-state index contributed by atoms with van der Waals surface area (Å²) < 4.78 is 1.73. The molecule has 16 heavy (non-hydrogen) atoms. The molecule has 0 atom stereocenters. The van der Waals surface area contributed by atoms with Crippen LogP contribution in [0.5, 0.6) is 0 Å². The molecule has 0 saturated heterocycles. The van der Waals surface area contributed by atoms with Gasteiger partial charge in [0.2, 0.25) is 0 Å². The van der Waals surface area contributed by atoms with Gasteiger partial charge in [-0.25, -0.2) is 0 Å². The second-order valence-corrected chi connectivity index (χ2v) is 4.26. The van der Waals surface area contributed by atoms with Crippen LogP contribution in [0, 0.1) is 0 Å². The normalized spacial score (nSPS) is 14.3. The molecule has 88 valence electrons. The third-order valence-corrected chi connectivity index (χ3v) is 3.24. The highest BCUT2D eigenvalue weighted by atomic mass is 35.5. The lowest BCUT2D eigenvalue weighted by Gasteiger charge is -2.13. The molecule has 1 aromatic heterocycles. The van der Waals surface area contributed by atoms with Gasteiger partial charge in [-0.2, -0.15) is 0 Å². The maximum absolute atomic E-state index is 6.16. The van der Waals surface area contributed by atoms with Crippen molar-refractivity contribution < 1.29 is 0 Å². The van der Waals surface area contributed by atoms with Crippen LogP contribution in [0.15, 0.2) is 4.99 Å². The Labute approximate surface area is 100 Å². The second kappa shape index (κ2) is 4.37. The number of hydrogen-bond acceptors (Lipinski definition) is 3. The predicted octanol–water partition coefficient (Wildman–Crippen LogP) is 2.09. The predicted molar refractivity (Wildman–Crippen MR) is 68.8 cm³/mol. The Hall–Kier alpha value is -1.16. The van der Waals surface area contributed by atoms with Crippen LogP contribution in [0.3, 0.4) is 0 Å². The lowest BCUT2D eigenvalue weighted by atomic mass is 10.1. The monoisotopic (exact) mass is 240 g/mol. The second-order valence-electron chi connectivity index (χ2n) is 3.91. The third kappa shape index (κ3) is 1.57. The molecule has 3 N–H and O–H groups in total. The Morgan fingerprint density at radius 2 is 2.25 bits per heavy atom. The number of nitrogens with zero attached hydrogens (tertiary/aromatic N) is 2. The van der Waals surface area contributed by atoms with Gasteiger partial charge in [-0.05, 0) is 18.4 Å². The minimum Gasteiger partial charge on any atom is -0.350 e. The van der Waals surface area contributed by atoms with E-state index < -0.39 is 0 Å². The number of nitrogens with two attached hydrogens (primary N) is 1. The van der Waals surface area contributed by atoms with Gasteiger partial charge in [0.05, 0.1) is 5.56 Å². The van der Waals surface area contributed by atoms with Crippen molar-refractivity contribution in [3.63, 3.8) is 0 Å². The molecular weight excluding hydrogens is 224 g/mol. The number of fused-ring (bicyclic) bond motifs is 1. The van der Waals surface area contributed by atoms with E-state index in [9.17, 15) is 0 Å². The summed E-state index contributed by atoms with van der Waals surface area (Å²) in [5, 5.41) is 3.76. The number of nitrogen functional groups attached to an aromatic ring is 1. The molecule has 1 aromatic rings. The quantitative estimate of drug-likeness (QED) is 0.795. The number of nitrogens with one attached hydrogen (secondary N) is 1. The molecule has 0 fully saturated rings. The van der Waals surface area contributed by atoms with Crippen LogP contribution >= 0.6 is 11.6 Å². The summed E-state index contributed by atoms with van der Waals surface area (Å²) in [5.74, 6) is 6.99. The summed E-state index contributed by atoms with van der Waals surface area (Å²) >= 11 is 6.16. The molecule has 0 unspecified atom stereocenters. The minimum atomic E-state index is 0.502. The van der Waals surface area contributed by atoms with Gasteiger partial charge in [-0.15, -0.1) is 0 Å². The lowest BCUT2D eigenvalue weighted by Crippen LogP contribution is -2.19. The average Bonchev–Trinajstić information content (AvgIpc) is 2.55. The largest absolute Gasteiger partial charge is 0.350 e. The summed E-state index contributed by atoms with van der Waals surface area (Å²) in [6.07, 6.45) is 2.97. The molecule has 2 rings (SSSR count). The third-order valence-electron chi connectivity index (χ3n) is 2.93. The number of halogens is 1. The van der Waals surface area contributed by atoms with Gasteiger partial charge in [0.15, 0.2) is 0 Å². The van der Waals surface area contributed by atoms with E-state index in [1.807, 2.05) is 0 Å². The molecule has 0 amide bonds. The zero-order valence-electron chi connectivity index (χ0n) is 9.68. The summed E-state index contributed by atoms with van der Waals surface area (Å²) in [5.41, 5.74) is 3.37. The molecule has 0 bridgehead atoms. The number of anilines is 1. The fourth-order valence-corrected chi connectivity index (χ4v) is 2.50. The SMILES string of the molecule is CCCc1c(CC)c2c(n1N)NCN=C2Cl. The number of aromatic nitrogens is 1. The molecular formula is C11H17ClN4. The minimum absolute atomic E-state index is 0.502. The van der Waals surface area contributed by atoms with Crippen LogP contribution in [0.4, 0.5) is 5.82 Å². The Morgan fingerprint density at radius 3 is 2.88 bits per heavy atom. The fourth-order valence-electron chi connectivity index (χ4n) is 2.24. The Kier molecular flexibility index (Phi) is 3.10. The molecule has 1 aliphatic heterocycles. The maximum Gasteiger partial charge on any atom is 0.137 e. The first kappa shape index (κ1) is 11.3. The van der Waals surface area contributed by atoms with Crippen molar-refractivity contribution in [3.05, 3.63) is 16.8 Å². The molecule has 0 spiro atoms. The topological polar surface area (TPSA) is 55.3 Å². The van der Waals surface area contributed by atoms with Crippen molar-refractivity contribution in [1.82, 2.24) is 4.68 Å². The molecule has 0 saturated carbocycles. The van der Waals surface area contributed by atoms with Crippen molar-refractivity contribution in [1.29, 1.82) is 0 Å². The standard InChI is InChI=1S/C11H17ClN4/c1-3-5-8-7(4-2)9-10(12)14-6-15-11(9)16(8)13/h15H,3-6,13H2,1-2H3. The summed E-state index contributed by atoms with van der Waals surface area (Å²) in [6, 6.07) is 0. The summed E-state index contributed by atoms with van der Waals surface area (Å²) in [7, 11) is 0. The lowest BCUT2D eigenvalue weighted by molar-refractivity contribution is 0.808. The van der Waals surface area contributed by atoms with Gasteiger partial charge >= 0.3 is 0 Å². The molecule has 0 aromatic carbocycles. The average molecular weight is 241 g/mol. The van der Waals surface area contributed by atoms with Crippen LogP contribution in [-0.4, -0.2) is 16.5 Å². The maximum atomic E-state index is 6.16. The molecule has 0 radical (unpaired) electrons. The summed E-state index contributed by atoms with van der Waals surface area (Å²) in [6.45, 7) is 4.77. The highest BCUT2D eigenvalue weighted by Gasteiger charge is 2.24. The van der Waals surface area contributed by atoms with E-state index in [0.717, 1.165) is 36.3 Å². The zero-order chi connectivity index (χ0) is 11.7. The fraction of sp³-hybridized carbons (Fsp3) is 0.545. The van der Waals surface area contributed by atoms with Crippen LogP contribution in [-0.2, 0) is 12.8 Å². The van der Waals surface area contributed by atoms with Gasteiger partial charge in [0, 0.05) is 5.69 Å². The van der Waals surface area contributed by atoms with Gasteiger partial charge < -0.3 is 11.2 Å². The van der Waals surface area contributed by atoms with E-state index in [2.05, 4.69) is 24.2 Å². The van der Waals surface area contributed by atoms with Crippen LogP contribution in [0.1, 0.15) is 37.1 Å². The van der Waals surface area contributed by atoms with Crippen LogP contribution in [0.2, 0.25) is 0 Å². The van der Waals surface area contributed by atoms with Gasteiger partial charge in [0.25, 0.3) is 0 Å². The Morgan fingerprint density at radius 1 is 1.50 bits per heavy atom. The van der Waals surface area contributed by atoms with E-state index in [1.165, 1.54) is 5.56 Å².